The maximum absolute atomic E-state index is 13.1. The lowest BCUT2D eigenvalue weighted by Gasteiger charge is -2.09. The van der Waals surface area contributed by atoms with Crippen molar-refractivity contribution in [3.63, 3.8) is 0 Å². The summed E-state index contributed by atoms with van der Waals surface area (Å²) in [6, 6.07) is 12.0. The topological polar surface area (TPSA) is 59.3 Å². The Morgan fingerprint density at radius 1 is 1.12 bits per heavy atom. The SMILES string of the molecule is O=[SH](=O)CNc1cc2oc(-c3ccc(F)cc3)cc2cc1C1CC1. The molecule has 1 aromatic heterocycles. The largest absolute Gasteiger partial charge is 0.456 e. The van der Waals surface area contributed by atoms with Gasteiger partial charge in [0.25, 0.3) is 0 Å². The van der Waals surface area contributed by atoms with E-state index in [0.29, 0.717) is 17.3 Å². The van der Waals surface area contributed by atoms with E-state index in [2.05, 4.69) is 11.4 Å². The van der Waals surface area contributed by atoms with Crippen LogP contribution in [0.4, 0.5) is 10.1 Å². The highest BCUT2D eigenvalue weighted by Crippen LogP contribution is 2.45. The smallest absolute Gasteiger partial charge is 0.158 e. The molecule has 1 aliphatic carbocycles. The fraction of sp³-hybridized carbons (Fsp3) is 0.222. The summed E-state index contributed by atoms with van der Waals surface area (Å²) in [6.45, 7) is 0. The van der Waals surface area contributed by atoms with Crippen molar-refractivity contribution in [3.8, 4) is 11.3 Å². The van der Waals surface area contributed by atoms with Crippen molar-refractivity contribution in [1.29, 1.82) is 0 Å². The third-order valence-corrected chi connectivity index (χ3v) is 4.65. The maximum atomic E-state index is 13.1. The molecule has 2 aromatic carbocycles. The number of furan rings is 1. The zero-order valence-corrected chi connectivity index (χ0v) is 13.7. The van der Waals surface area contributed by atoms with Crippen molar-refractivity contribution in [1.82, 2.24) is 0 Å². The van der Waals surface area contributed by atoms with Gasteiger partial charge in [0.15, 0.2) is 10.7 Å². The first-order valence-corrected chi connectivity index (χ1v) is 9.15. The molecule has 0 unspecified atom stereocenters. The van der Waals surface area contributed by atoms with Crippen molar-refractivity contribution in [2.75, 3.05) is 11.2 Å². The van der Waals surface area contributed by atoms with Gasteiger partial charge in [-0.2, -0.15) is 0 Å². The van der Waals surface area contributed by atoms with Crippen LogP contribution >= 0.6 is 0 Å². The van der Waals surface area contributed by atoms with Crippen LogP contribution in [0.1, 0.15) is 24.3 Å². The van der Waals surface area contributed by atoms with Gasteiger partial charge in [-0.25, -0.2) is 12.8 Å². The van der Waals surface area contributed by atoms with Crippen LogP contribution < -0.4 is 5.32 Å². The van der Waals surface area contributed by atoms with Crippen molar-refractivity contribution >= 4 is 27.4 Å². The summed E-state index contributed by atoms with van der Waals surface area (Å²) in [4.78, 5) is 0. The standard InChI is InChI=1S/C18H16FNO3S/c19-14-5-3-12(4-6-14)17-8-13-7-15(11-1-2-11)16(9-18(13)23-17)20-10-24(21)22/h3-9,11,20,24H,1-2,10H2. The number of hydrogen-bond donors (Lipinski definition) is 2. The Morgan fingerprint density at radius 3 is 2.54 bits per heavy atom. The number of benzene rings is 2. The molecule has 1 saturated carbocycles. The highest BCUT2D eigenvalue weighted by atomic mass is 32.2. The Bertz CT molecular complexity index is 964. The molecule has 4 nitrogen and oxygen atoms in total. The first-order valence-electron chi connectivity index (χ1n) is 7.79. The first-order chi connectivity index (χ1) is 11.6. The molecule has 0 amide bonds. The molecule has 0 atom stereocenters. The summed E-state index contributed by atoms with van der Waals surface area (Å²) in [5.74, 6) is 0.764. The predicted octanol–water partition coefficient (Wildman–Crippen LogP) is 4.10. The van der Waals surface area contributed by atoms with Crippen LogP contribution in [-0.2, 0) is 10.7 Å². The van der Waals surface area contributed by atoms with Gasteiger partial charge >= 0.3 is 0 Å². The Labute approximate surface area is 140 Å². The van der Waals surface area contributed by atoms with Gasteiger partial charge < -0.3 is 9.73 Å². The lowest BCUT2D eigenvalue weighted by atomic mass is 10.1. The average molecular weight is 345 g/mol. The number of thiol groups is 1. The van der Waals surface area contributed by atoms with Gasteiger partial charge in [-0.1, -0.05) is 0 Å². The number of nitrogens with one attached hydrogen (secondary N) is 1. The molecule has 1 aliphatic rings. The second-order valence-corrected chi connectivity index (χ2v) is 7.02. The number of fused-ring (bicyclic) bond motifs is 1. The Hall–Kier alpha value is -2.34. The van der Waals surface area contributed by atoms with Crippen LogP contribution in [0.3, 0.4) is 0 Å². The number of rotatable bonds is 5. The Kier molecular flexibility index (Phi) is 3.76. The maximum Gasteiger partial charge on any atom is 0.158 e. The second-order valence-electron chi connectivity index (χ2n) is 6.04. The minimum atomic E-state index is -2.49. The van der Waals surface area contributed by atoms with E-state index < -0.39 is 10.7 Å². The van der Waals surface area contributed by atoms with Crippen LogP contribution in [0.2, 0.25) is 0 Å². The number of halogens is 1. The summed E-state index contributed by atoms with van der Waals surface area (Å²) >= 11 is 0. The molecule has 0 aliphatic heterocycles. The molecule has 1 heterocycles. The van der Waals surface area contributed by atoms with Crippen LogP contribution in [0.25, 0.3) is 22.3 Å². The summed E-state index contributed by atoms with van der Waals surface area (Å²) in [5, 5.41) is 3.94. The van der Waals surface area contributed by atoms with E-state index in [9.17, 15) is 12.8 Å². The third kappa shape index (κ3) is 3.01. The van der Waals surface area contributed by atoms with Gasteiger partial charge in [0.2, 0.25) is 0 Å². The second kappa shape index (κ2) is 5.94. The van der Waals surface area contributed by atoms with E-state index in [-0.39, 0.29) is 11.7 Å². The lowest BCUT2D eigenvalue weighted by molar-refractivity contribution is 0.615. The number of hydrogen-bond acceptors (Lipinski definition) is 4. The molecule has 0 spiro atoms. The molecule has 0 radical (unpaired) electrons. The monoisotopic (exact) mass is 345 g/mol. The van der Waals surface area contributed by atoms with Crippen molar-refractivity contribution in [3.05, 3.63) is 53.8 Å². The van der Waals surface area contributed by atoms with Crippen LogP contribution in [-0.4, -0.2) is 14.3 Å². The van der Waals surface area contributed by atoms with E-state index in [0.717, 1.165) is 35.0 Å². The minimum Gasteiger partial charge on any atom is -0.456 e. The van der Waals surface area contributed by atoms with E-state index in [1.807, 2.05) is 12.1 Å². The van der Waals surface area contributed by atoms with Crippen molar-refractivity contribution in [2.24, 2.45) is 0 Å². The molecule has 3 aromatic rings. The zero-order valence-electron chi connectivity index (χ0n) is 12.8. The fourth-order valence-electron chi connectivity index (χ4n) is 2.90. The van der Waals surface area contributed by atoms with Crippen molar-refractivity contribution < 1.29 is 17.2 Å². The highest BCUT2D eigenvalue weighted by Gasteiger charge is 2.27. The van der Waals surface area contributed by atoms with Crippen LogP contribution in [0.5, 0.6) is 0 Å². The van der Waals surface area contributed by atoms with E-state index in [1.54, 1.807) is 12.1 Å². The predicted molar refractivity (Wildman–Crippen MR) is 92.4 cm³/mol. The average Bonchev–Trinajstić information content (AvgIpc) is 3.32. The summed E-state index contributed by atoms with van der Waals surface area (Å²) in [6.07, 6.45) is 2.23. The summed E-state index contributed by atoms with van der Waals surface area (Å²) in [7, 11) is -2.49. The molecule has 4 rings (SSSR count). The summed E-state index contributed by atoms with van der Waals surface area (Å²) in [5.41, 5.74) is 3.43. The molecular formula is C18H16FNO3S. The highest BCUT2D eigenvalue weighted by molar-refractivity contribution is 7.72. The van der Waals surface area contributed by atoms with E-state index >= 15 is 0 Å². The molecule has 0 bridgehead atoms. The molecule has 24 heavy (non-hydrogen) atoms. The summed E-state index contributed by atoms with van der Waals surface area (Å²) < 4.78 is 40.7. The lowest BCUT2D eigenvalue weighted by Crippen LogP contribution is -2.04. The van der Waals surface area contributed by atoms with Gasteiger partial charge in [0, 0.05) is 22.7 Å². The molecule has 6 heteroatoms. The first kappa shape index (κ1) is 15.2. The fourth-order valence-corrected chi connectivity index (χ4v) is 3.20. The van der Waals surface area contributed by atoms with Crippen molar-refractivity contribution in [2.45, 2.75) is 18.8 Å². The zero-order chi connectivity index (χ0) is 16.7. The number of anilines is 1. The van der Waals surface area contributed by atoms with Crippen LogP contribution in [0.15, 0.2) is 46.9 Å². The van der Waals surface area contributed by atoms with Gasteiger partial charge in [0.05, 0.1) is 0 Å². The van der Waals surface area contributed by atoms with Gasteiger partial charge in [-0.15, -0.1) is 0 Å². The quantitative estimate of drug-likeness (QED) is 0.684. The normalized spacial score (nSPS) is 14.4. The van der Waals surface area contributed by atoms with Gasteiger partial charge in [-0.3, -0.25) is 0 Å². The Morgan fingerprint density at radius 2 is 1.88 bits per heavy atom. The van der Waals surface area contributed by atoms with Gasteiger partial charge in [-0.05, 0) is 60.7 Å². The van der Waals surface area contributed by atoms with Crippen LogP contribution in [0, 0.1) is 5.82 Å². The van der Waals surface area contributed by atoms with E-state index in [1.165, 1.54) is 12.1 Å². The molecular weight excluding hydrogens is 329 g/mol. The Balaban J connectivity index is 1.76. The molecule has 124 valence electrons. The third-order valence-electron chi connectivity index (χ3n) is 4.23. The van der Waals surface area contributed by atoms with E-state index in [4.69, 9.17) is 4.42 Å². The van der Waals surface area contributed by atoms with Gasteiger partial charge in [0.1, 0.15) is 23.0 Å². The minimum absolute atomic E-state index is 0.0912. The molecule has 0 saturated heterocycles. The molecule has 1 fully saturated rings. The molecule has 1 N–H and O–H groups in total.